The first-order valence-corrected chi connectivity index (χ1v) is 10.2. The molecule has 0 aliphatic heterocycles. The van der Waals surface area contributed by atoms with E-state index in [1.54, 1.807) is 29.9 Å². The normalized spacial score (nSPS) is 18.8. The number of rotatable bonds is 6. The minimum absolute atomic E-state index is 0.0179. The van der Waals surface area contributed by atoms with Crippen LogP contribution in [-0.4, -0.2) is 37.6 Å². The predicted octanol–water partition coefficient (Wildman–Crippen LogP) is 3.51. The second-order valence-electron chi connectivity index (χ2n) is 7.88. The molecule has 1 aliphatic carbocycles. The number of benzene rings is 1. The lowest BCUT2D eigenvalue weighted by molar-refractivity contribution is 0.101. The van der Waals surface area contributed by atoms with Gasteiger partial charge in [0.15, 0.2) is 5.78 Å². The third kappa shape index (κ3) is 4.65. The maximum atomic E-state index is 11.7. The number of hydrogen-bond acceptors (Lipinski definition) is 7. The summed E-state index contributed by atoms with van der Waals surface area (Å²) >= 11 is 0. The van der Waals surface area contributed by atoms with Gasteiger partial charge in [0.25, 0.3) is 0 Å². The van der Waals surface area contributed by atoms with Crippen LogP contribution >= 0.6 is 0 Å². The van der Waals surface area contributed by atoms with Crippen LogP contribution in [0.4, 0.5) is 17.5 Å². The highest BCUT2D eigenvalue weighted by molar-refractivity contribution is 5.95. The van der Waals surface area contributed by atoms with Crippen LogP contribution in [0.1, 0.15) is 43.0 Å². The summed E-state index contributed by atoms with van der Waals surface area (Å²) in [7, 11) is 1.89. The van der Waals surface area contributed by atoms with Gasteiger partial charge in [-0.05, 0) is 44.7 Å². The summed E-state index contributed by atoms with van der Waals surface area (Å²) in [5.41, 5.74) is 9.33. The smallest absolute Gasteiger partial charge is 0.229 e. The highest BCUT2D eigenvalue weighted by Crippen LogP contribution is 2.30. The Morgan fingerprint density at radius 1 is 1.20 bits per heavy atom. The minimum atomic E-state index is 0.0179. The molecule has 1 fully saturated rings. The van der Waals surface area contributed by atoms with Gasteiger partial charge in [0.1, 0.15) is 5.82 Å². The molecule has 8 heteroatoms. The Morgan fingerprint density at radius 3 is 2.70 bits per heavy atom. The van der Waals surface area contributed by atoms with Crippen LogP contribution in [0.2, 0.25) is 0 Å². The Hall–Kier alpha value is -3.26. The summed E-state index contributed by atoms with van der Waals surface area (Å²) in [6, 6.07) is 7.94. The first kappa shape index (κ1) is 20.0. The van der Waals surface area contributed by atoms with Gasteiger partial charge in [0.2, 0.25) is 5.95 Å². The minimum Gasteiger partial charge on any atom is -0.367 e. The zero-order valence-corrected chi connectivity index (χ0v) is 17.3. The topological polar surface area (TPSA) is 111 Å². The molecule has 1 aromatic carbocycles. The maximum absolute atomic E-state index is 11.7. The van der Waals surface area contributed by atoms with Crippen LogP contribution in [0.3, 0.4) is 0 Å². The van der Waals surface area contributed by atoms with Crippen LogP contribution in [-0.2, 0) is 7.05 Å². The molecule has 2 aromatic heterocycles. The molecule has 3 aromatic rings. The van der Waals surface area contributed by atoms with Crippen LogP contribution in [0, 0.1) is 0 Å². The van der Waals surface area contributed by atoms with Crippen molar-refractivity contribution in [2.75, 3.05) is 10.6 Å². The maximum Gasteiger partial charge on any atom is 0.229 e. The fourth-order valence-electron chi connectivity index (χ4n) is 3.73. The number of anilines is 3. The van der Waals surface area contributed by atoms with E-state index in [9.17, 15) is 4.79 Å². The van der Waals surface area contributed by atoms with Crippen LogP contribution < -0.4 is 16.4 Å². The lowest BCUT2D eigenvalue weighted by atomic mass is 9.91. The van der Waals surface area contributed by atoms with Gasteiger partial charge >= 0.3 is 0 Å². The zero-order chi connectivity index (χ0) is 21.1. The van der Waals surface area contributed by atoms with Crippen molar-refractivity contribution in [3.8, 4) is 11.1 Å². The number of hydrogen-bond donors (Lipinski definition) is 3. The third-order valence-electron chi connectivity index (χ3n) is 5.44. The number of carbonyl (C=O) groups is 1. The number of Topliss-reactive ketones (excluding diaryl/α,β-unsaturated/α-hetero) is 1. The van der Waals surface area contributed by atoms with Crippen molar-refractivity contribution in [2.24, 2.45) is 12.8 Å². The summed E-state index contributed by atoms with van der Waals surface area (Å²) in [5, 5.41) is 11.1. The summed E-state index contributed by atoms with van der Waals surface area (Å²) in [6.07, 6.45) is 9.61. The van der Waals surface area contributed by atoms with E-state index in [2.05, 4.69) is 20.7 Å². The molecule has 8 nitrogen and oxygen atoms in total. The molecule has 0 radical (unpaired) electrons. The van der Waals surface area contributed by atoms with Gasteiger partial charge in [0.05, 0.1) is 6.20 Å². The molecular weight excluding hydrogens is 378 g/mol. The van der Waals surface area contributed by atoms with E-state index in [1.807, 2.05) is 31.6 Å². The summed E-state index contributed by atoms with van der Waals surface area (Å²) < 4.78 is 1.76. The second-order valence-corrected chi connectivity index (χ2v) is 7.88. The fourth-order valence-corrected chi connectivity index (χ4v) is 3.73. The molecule has 2 heterocycles. The van der Waals surface area contributed by atoms with Crippen molar-refractivity contribution in [3.63, 3.8) is 0 Å². The van der Waals surface area contributed by atoms with Gasteiger partial charge in [-0.3, -0.25) is 9.48 Å². The summed E-state index contributed by atoms with van der Waals surface area (Å²) in [6.45, 7) is 1.55. The monoisotopic (exact) mass is 405 g/mol. The van der Waals surface area contributed by atoms with Crippen molar-refractivity contribution in [3.05, 3.63) is 48.4 Å². The average Bonchev–Trinajstić information content (AvgIpc) is 3.16. The molecule has 0 atom stereocenters. The first-order valence-electron chi connectivity index (χ1n) is 10.2. The Labute approximate surface area is 175 Å². The van der Waals surface area contributed by atoms with Crippen molar-refractivity contribution >= 4 is 23.2 Å². The van der Waals surface area contributed by atoms with Crippen molar-refractivity contribution in [2.45, 2.75) is 44.7 Å². The Morgan fingerprint density at radius 2 is 2.00 bits per heavy atom. The average molecular weight is 406 g/mol. The SMILES string of the molecule is CC(=O)c1cccc(Nc2ncc(-c3cnn(C)c3)c(NC3CCC(N)CC3)n2)c1. The van der Waals surface area contributed by atoms with Gasteiger partial charge in [-0.25, -0.2) is 4.98 Å². The Balaban J connectivity index is 1.62. The van der Waals surface area contributed by atoms with Gasteiger partial charge in [-0.2, -0.15) is 10.1 Å². The lowest BCUT2D eigenvalue weighted by Gasteiger charge is -2.28. The predicted molar refractivity (Wildman–Crippen MR) is 118 cm³/mol. The number of ketones is 1. The van der Waals surface area contributed by atoms with E-state index >= 15 is 0 Å². The largest absolute Gasteiger partial charge is 0.367 e. The summed E-state index contributed by atoms with van der Waals surface area (Å²) in [5.74, 6) is 1.26. The number of nitrogens with two attached hydrogens (primary N) is 1. The molecule has 0 unspecified atom stereocenters. The highest BCUT2D eigenvalue weighted by atomic mass is 16.1. The standard InChI is InChI=1S/C22H27N7O/c1-14(30)15-4-3-5-19(10-15)27-22-24-12-20(16-11-25-29(2)13-16)21(28-22)26-18-8-6-17(23)7-9-18/h3-5,10-13,17-18H,6-9,23H2,1-2H3,(H2,24,26,27,28). The van der Waals surface area contributed by atoms with Gasteiger partial charge in [0, 0.05) is 53.9 Å². The van der Waals surface area contributed by atoms with E-state index in [1.165, 1.54) is 0 Å². The zero-order valence-electron chi connectivity index (χ0n) is 17.3. The molecule has 1 saturated carbocycles. The number of nitrogens with one attached hydrogen (secondary N) is 2. The molecule has 4 N–H and O–H groups in total. The van der Waals surface area contributed by atoms with E-state index < -0.39 is 0 Å². The highest BCUT2D eigenvalue weighted by Gasteiger charge is 2.21. The summed E-state index contributed by atoms with van der Waals surface area (Å²) in [4.78, 5) is 20.9. The molecule has 30 heavy (non-hydrogen) atoms. The Kier molecular flexibility index (Phi) is 5.76. The second kappa shape index (κ2) is 8.62. The lowest BCUT2D eigenvalue weighted by Crippen LogP contribution is -2.33. The molecular formula is C22H27N7O. The van der Waals surface area contributed by atoms with Crippen LogP contribution in [0.15, 0.2) is 42.9 Å². The number of aromatic nitrogens is 4. The van der Waals surface area contributed by atoms with E-state index in [4.69, 9.17) is 10.7 Å². The Bertz CT molecular complexity index is 1040. The van der Waals surface area contributed by atoms with Gasteiger partial charge in [-0.15, -0.1) is 0 Å². The number of nitrogens with zero attached hydrogens (tertiary/aromatic N) is 4. The van der Waals surface area contributed by atoms with Crippen LogP contribution in [0.5, 0.6) is 0 Å². The third-order valence-corrected chi connectivity index (χ3v) is 5.44. The van der Waals surface area contributed by atoms with E-state index in [0.717, 1.165) is 48.3 Å². The van der Waals surface area contributed by atoms with Crippen LogP contribution in [0.25, 0.3) is 11.1 Å². The fraction of sp³-hybridized carbons (Fsp3) is 0.364. The first-order chi connectivity index (χ1) is 14.5. The molecule has 4 rings (SSSR count). The molecule has 0 saturated heterocycles. The van der Waals surface area contributed by atoms with Gasteiger partial charge < -0.3 is 16.4 Å². The quantitative estimate of drug-likeness (QED) is 0.538. The van der Waals surface area contributed by atoms with Crippen molar-refractivity contribution < 1.29 is 4.79 Å². The van der Waals surface area contributed by atoms with E-state index in [-0.39, 0.29) is 11.8 Å². The molecule has 0 amide bonds. The number of carbonyl (C=O) groups excluding carboxylic acids is 1. The van der Waals surface area contributed by atoms with Crippen molar-refractivity contribution in [1.82, 2.24) is 19.7 Å². The van der Waals surface area contributed by atoms with E-state index in [0.29, 0.717) is 17.6 Å². The molecule has 0 bridgehead atoms. The van der Waals surface area contributed by atoms with Crippen molar-refractivity contribution in [1.29, 1.82) is 0 Å². The molecule has 1 aliphatic rings. The van der Waals surface area contributed by atoms with Gasteiger partial charge in [-0.1, -0.05) is 12.1 Å². The molecule has 0 spiro atoms. The number of aryl methyl sites for hydroxylation is 1. The molecule has 156 valence electrons.